The van der Waals surface area contributed by atoms with Gasteiger partial charge in [-0.2, -0.15) is 0 Å². The Bertz CT molecular complexity index is 638. The molecule has 0 N–H and O–H groups in total. The minimum Gasteiger partial charge on any atom is -0.378 e. The molecule has 0 saturated heterocycles. The smallest absolute Gasteiger partial charge is 0.0596 e. The summed E-state index contributed by atoms with van der Waals surface area (Å²) in [5.74, 6) is 1.56. The quantitative estimate of drug-likeness (QED) is 0.549. The number of nitrogens with zero attached hydrogens (tertiary/aromatic N) is 2. The van der Waals surface area contributed by atoms with Crippen LogP contribution in [0.3, 0.4) is 0 Å². The average molecular weight is 322 g/mol. The van der Waals surface area contributed by atoms with Crippen molar-refractivity contribution < 1.29 is 0 Å². The van der Waals surface area contributed by atoms with Gasteiger partial charge in [0.05, 0.1) is 6.04 Å². The van der Waals surface area contributed by atoms with E-state index in [2.05, 4.69) is 49.5 Å². The van der Waals surface area contributed by atoms with Gasteiger partial charge in [-0.15, -0.1) is 0 Å². The van der Waals surface area contributed by atoms with Gasteiger partial charge in [-0.3, -0.25) is 4.99 Å². The van der Waals surface area contributed by atoms with E-state index in [1.54, 1.807) is 0 Å². The highest BCUT2D eigenvalue weighted by atomic mass is 15.1. The molecule has 1 aromatic carbocycles. The number of anilines is 1. The van der Waals surface area contributed by atoms with Crippen LogP contribution in [0.5, 0.6) is 0 Å². The third-order valence-electron chi connectivity index (χ3n) is 6.38. The van der Waals surface area contributed by atoms with Gasteiger partial charge in [0.2, 0.25) is 0 Å². The molecule has 2 heteroatoms. The molecular formula is C22H30N2. The minimum absolute atomic E-state index is 0.545. The molecule has 3 aliphatic rings. The second-order valence-corrected chi connectivity index (χ2v) is 8.09. The fraction of sp³-hybridized carbons (Fsp3) is 0.591. The third kappa shape index (κ3) is 3.03. The van der Waals surface area contributed by atoms with Crippen LogP contribution in [-0.2, 0) is 0 Å². The van der Waals surface area contributed by atoms with Crippen molar-refractivity contribution in [3.63, 3.8) is 0 Å². The molecule has 0 heterocycles. The molecule has 1 aromatic rings. The molecule has 0 unspecified atom stereocenters. The van der Waals surface area contributed by atoms with Crippen LogP contribution in [0.25, 0.3) is 0 Å². The average Bonchev–Trinajstić information content (AvgIpc) is 2.60. The molecule has 2 bridgehead atoms. The molecule has 128 valence electrons. The van der Waals surface area contributed by atoms with Crippen LogP contribution in [0, 0.1) is 11.8 Å². The first-order valence-corrected chi connectivity index (χ1v) is 9.74. The zero-order chi connectivity index (χ0) is 16.5. The molecule has 0 aromatic heterocycles. The Balaban J connectivity index is 1.54. The van der Waals surface area contributed by atoms with Crippen molar-refractivity contribution >= 4 is 11.9 Å². The van der Waals surface area contributed by atoms with Gasteiger partial charge >= 0.3 is 0 Å². The summed E-state index contributed by atoms with van der Waals surface area (Å²) in [7, 11) is 4.17. The Kier molecular flexibility index (Phi) is 4.47. The molecule has 4 rings (SSSR count). The number of rotatable bonds is 3. The Hall–Kier alpha value is -1.57. The molecule has 24 heavy (non-hydrogen) atoms. The minimum atomic E-state index is 0.545. The fourth-order valence-electron chi connectivity index (χ4n) is 5.12. The summed E-state index contributed by atoms with van der Waals surface area (Å²) in [5, 5.41) is 0. The summed E-state index contributed by atoms with van der Waals surface area (Å²) >= 11 is 0. The van der Waals surface area contributed by atoms with Crippen molar-refractivity contribution in [2.45, 2.75) is 57.4 Å². The van der Waals surface area contributed by atoms with E-state index < -0.39 is 0 Å². The number of fused-ring (bicyclic) bond motifs is 3. The first-order valence-electron chi connectivity index (χ1n) is 9.74. The first kappa shape index (κ1) is 15.9. The summed E-state index contributed by atoms with van der Waals surface area (Å²) in [6.07, 6.45) is 13.2. The largest absolute Gasteiger partial charge is 0.378 e. The highest BCUT2D eigenvalue weighted by Gasteiger charge is 2.40. The monoisotopic (exact) mass is 322 g/mol. The number of benzene rings is 1. The molecule has 0 spiro atoms. The third-order valence-corrected chi connectivity index (χ3v) is 6.38. The summed E-state index contributed by atoms with van der Waals surface area (Å²) in [6, 6.07) is 9.31. The second-order valence-electron chi connectivity index (χ2n) is 8.09. The van der Waals surface area contributed by atoms with Crippen molar-refractivity contribution in [3.05, 3.63) is 41.0 Å². The number of hydrogen-bond donors (Lipinski definition) is 0. The van der Waals surface area contributed by atoms with Crippen LogP contribution in [0.2, 0.25) is 0 Å². The van der Waals surface area contributed by atoms with E-state index in [4.69, 9.17) is 4.99 Å². The lowest BCUT2D eigenvalue weighted by Gasteiger charge is -2.44. The van der Waals surface area contributed by atoms with Crippen LogP contribution in [0.4, 0.5) is 5.69 Å². The van der Waals surface area contributed by atoms with Gasteiger partial charge in [0.1, 0.15) is 0 Å². The van der Waals surface area contributed by atoms with E-state index >= 15 is 0 Å². The lowest BCUT2D eigenvalue weighted by atomic mass is 9.63. The van der Waals surface area contributed by atoms with Crippen LogP contribution in [0.1, 0.15) is 56.9 Å². The molecule has 0 aliphatic heterocycles. The summed E-state index contributed by atoms with van der Waals surface area (Å²) in [5.41, 5.74) is 6.14. The summed E-state index contributed by atoms with van der Waals surface area (Å²) < 4.78 is 0. The van der Waals surface area contributed by atoms with E-state index in [1.807, 2.05) is 11.1 Å². The lowest BCUT2D eigenvalue weighted by Crippen LogP contribution is -2.38. The van der Waals surface area contributed by atoms with Crippen LogP contribution < -0.4 is 4.90 Å². The van der Waals surface area contributed by atoms with Crippen molar-refractivity contribution in [2.24, 2.45) is 16.8 Å². The highest BCUT2D eigenvalue weighted by molar-refractivity contribution is 5.80. The topological polar surface area (TPSA) is 15.6 Å². The maximum absolute atomic E-state index is 5.13. The highest BCUT2D eigenvalue weighted by Crippen LogP contribution is 2.49. The molecule has 0 amide bonds. The lowest BCUT2D eigenvalue weighted by molar-refractivity contribution is 0.215. The molecule has 1 fully saturated rings. The number of hydrogen-bond acceptors (Lipinski definition) is 2. The number of aliphatic imine (C=N–C) groups is 1. The summed E-state index contributed by atoms with van der Waals surface area (Å²) in [4.78, 5) is 7.27. The predicted octanol–water partition coefficient (Wildman–Crippen LogP) is 5.23. The van der Waals surface area contributed by atoms with E-state index in [0.29, 0.717) is 6.04 Å². The Morgan fingerprint density at radius 3 is 2.58 bits per heavy atom. The van der Waals surface area contributed by atoms with Crippen molar-refractivity contribution in [1.29, 1.82) is 0 Å². The molecule has 1 saturated carbocycles. The summed E-state index contributed by atoms with van der Waals surface area (Å²) in [6.45, 7) is 0. The second kappa shape index (κ2) is 6.74. The Morgan fingerprint density at radius 2 is 1.79 bits per heavy atom. The number of allylic oxidation sites excluding steroid dienone is 1. The van der Waals surface area contributed by atoms with E-state index in [0.717, 1.165) is 11.8 Å². The molecular weight excluding hydrogens is 292 g/mol. The van der Waals surface area contributed by atoms with Crippen LogP contribution >= 0.6 is 0 Å². The maximum atomic E-state index is 5.13. The van der Waals surface area contributed by atoms with Gasteiger partial charge in [0, 0.05) is 31.9 Å². The zero-order valence-electron chi connectivity index (χ0n) is 15.2. The van der Waals surface area contributed by atoms with Gasteiger partial charge < -0.3 is 4.90 Å². The molecule has 2 nitrogen and oxygen atoms in total. The first-order chi connectivity index (χ1) is 11.7. The van der Waals surface area contributed by atoms with Crippen molar-refractivity contribution in [3.8, 4) is 0 Å². The van der Waals surface area contributed by atoms with Gasteiger partial charge in [-0.05, 0) is 68.6 Å². The van der Waals surface area contributed by atoms with Gasteiger partial charge in [-0.25, -0.2) is 0 Å². The van der Waals surface area contributed by atoms with Crippen molar-refractivity contribution in [1.82, 2.24) is 0 Å². The molecule has 3 atom stereocenters. The van der Waals surface area contributed by atoms with E-state index in [-0.39, 0.29) is 0 Å². The Labute approximate surface area is 146 Å². The standard InChI is InChI=1S/C22H30N2/c1-24(2)19-12-10-16(11-13-19)15-23-22-18-7-5-9-21(22)20-8-4-3-6-17(20)14-18/h10-13,15,18,21-22H,3-9,14H2,1-2H3/t18-,21-,22+/m0/s1. The molecule has 3 aliphatic carbocycles. The predicted molar refractivity (Wildman–Crippen MR) is 103 cm³/mol. The molecule has 0 radical (unpaired) electrons. The van der Waals surface area contributed by atoms with Gasteiger partial charge in [0.15, 0.2) is 0 Å². The fourth-order valence-corrected chi connectivity index (χ4v) is 5.12. The normalized spacial score (nSPS) is 29.7. The van der Waals surface area contributed by atoms with Crippen LogP contribution in [-0.4, -0.2) is 26.4 Å². The Morgan fingerprint density at radius 1 is 1.00 bits per heavy atom. The van der Waals surface area contributed by atoms with Crippen LogP contribution in [0.15, 0.2) is 40.4 Å². The zero-order valence-corrected chi connectivity index (χ0v) is 15.2. The van der Waals surface area contributed by atoms with Crippen molar-refractivity contribution in [2.75, 3.05) is 19.0 Å². The van der Waals surface area contributed by atoms with E-state index in [9.17, 15) is 0 Å². The SMILES string of the molecule is CN(C)c1ccc(C=N[C@@H]2[C@H]3CCC[C@H]2C2=C(CCCC2)C3)cc1. The van der Waals surface area contributed by atoms with E-state index in [1.165, 1.54) is 62.6 Å². The van der Waals surface area contributed by atoms with Gasteiger partial charge in [-0.1, -0.05) is 29.7 Å². The maximum Gasteiger partial charge on any atom is 0.0596 e. The van der Waals surface area contributed by atoms with Gasteiger partial charge in [0.25, 0.3) is 0 Å².